The summed E-state index contributed by atoms with van der Waals surface area (Å²) in [7, 11) is 0. The molecule has 0 bridgehead atoms. The molecule has 172 valence electrons. The highest BCUT2D eigenvalue weighted by Crippen LogP contribution is 2.32. The van der Waals surface area contributed by atoms with E-state index in [1.807, 2.05) is 0 Å². The molecule has 12 heteroatoms. The van der Waals surface area contributed by atoms with Crippen molar-refractivity contribution in [2.45, 2.75) is 57.7 Å². The third kappa shape index (κ3) is 5.34. The molecule has 0 N–H and O–H groups in total. The zero-order valence-corrected chi connectivity index (χ0v) is 16.3. The molecule has 1 heterocycles. The minimum Gasteiger partial charge on any atom is -0.464 e. The van der Waals surface area contributed by atoms with Crippen molar-refractivity contribution in [3.05, 3.63) is 34.4 Å². The number of hydrogen-bond acceptors (Lipinski definition) is 4. The molecule has 2 rings (SSSR count). The molecule has 0 radical (unpaired) electrons. The second kappa shape index (κ2) is 9.65. The van der Waals surface area contributed by atoms with E-state index in [9.17, 15) is 45.1 Å². The van der Waals surface area contributed by atoms with Crippen LogP contribution in [0.25, 0.3) is 0 Å². The number of amides is 2. The van der Waals surface area contributed by atoms with Crippen LogP contribution in [0.15, 0.2) is 0 Å². The monoisotopic (exact) mass is 457 g/mol. The molecule has 0 unspecified atom stereocenters. The number of carbonyl (C=O) groups is 3. The lowest BCUT2D eigenvalue weighted by Crippen LogP contribution is -2.44. The van der Waals surface area contributed by atoms with Gasteiger partial charge < -0.3 is 4.74 Å². The van der Waals surface area contributed by atoms with Gasteiger partial charge in [-0.25, -0.2) is 22.4 Å². The molecule has 1 aromatic carbocycles. The lowest BCUT2D eigenvalue weighted by molar-refractivity contribution is -0.148. The third-order valence-electron chi connectivity index (χ3n) is 4.71. The standard InChI is InChI=1S/C19H18F7NO4/c1-9(18(30)31-8-6-4-2-3-5-7-19(24,25)26)27-16(28)10-11(17(27)29)13(21)15(23)14(22)12(10)20/h9H,2-8H2,1H3/t9-/m0/s1. The van der Waals surface area contributed by atoms with E-state index in [1.54, 1.807) is 0 Å². The summed E-state index contributed by atoms with van der Waals surface area (Å²) in [5, 5.41) is 0. The predicted octanol–water partition coefficient (Wildman–Crippen LogP) is 4.67. The second-order valence-electron chi connectivity index (χ2n) is 6.96. The quantitative estimate of drug-likeness (QED) is 0.135. The van der Waals surface area contributed by atoms with Gasteiger partial charge in [0.1, 0.15) is 6.04 Å². The summed E-state index contributed by atoms with van der Waals surface area (Å²) < 4.78 is 95.5. The summed E-state index contributed by atoms with van der Waals surface area (Å²) in [6.45, 7) is 0.862. The van der Waals surface area contributed by atoms with E-state index in [4.69, 9.17) is 4.74 Å². The molecular weight excluding hydrogens is 439 g/mol. The SMILES string of the molecule is C[C@@H](C(=O)OCCCCCCCC(F)(F)F)N1C(=O)c2c(F)c(F)c(F)c(F)c2C1=O. The number of carbonyl (C=O) groups excluding carboxylic acids is 3. The topological polar surface area (TPSA) is 63.7 Å². The molecular formula is C19H18F7NO4. The van der Waals surface area contributed by atoms with Gasteiger partial charge in [0, 0.05) is 6.42 Å². The Morgan fingerprint density at radius 2 is 1.29 bits per heavy atom. The molecule has 0 aromatic heterocycles. The minimum atomic E-state index is -4.21. The minimum absolute atomic E-state index is 0.0195. The number of halogens is 7. The number of esters is 1. The average Bonchev–Trinajstić information content (AvgIpc) is 2.95. The molecule has 1 aromatic rings. The van der Waals surface area contributed by atoms with Gasteiger partial charge in [-0.15, -0.1) is 0 Å². The fourth-order valence-corrected chi connectivity index (χ4v) is 3.07. The average molecular weight is 457 g/mol. The first-order valence-electron chi connectivity index (χ1n) is 9.35. The Hall–Kier alpha value is -2.66. The molecule has 0 saturated heterocycles. The lowest BCUT2D eigenvalue weighted by Gasteiger charge is -2.20. The molecule has 2 amide bonds. The molecule has 1 atom stereocenters. The predicted molar refractivity (Wildman–Crippen MR) is 91.0 cm³/mol. The molecule has 1 aliphatic heterocycles. The van der Waals surface area contributed by atoms with Crippen LogP contribution in [0.1, 0.15) is 66.2 Å². The van der Waals surface area contributed by atoms with Gasteiger partial charge in [0.15, 0.2) is 23.3 Å². The maximum atomic E-state index is 13.9. The molecule has 0 aliphatic carbocycles. The summed E-state index contributed by atoms with van der Waals surface area (Å²) in [6.07, 6.45) is -3.55. The molecule has 1 aliphatic rings. The summed E-state index contributed by atoms with van der Waals surface area (Å²) in [4.78, 5) is 36.8. The number of hydrogen-bond donors (Lipinski definition) is 0. The van der Waals surface area contributed by atoms with Gasteiger partial charge in [-0.3, -0.25) is 14.5 Å². The van der Waals surface area contributed by atoms with E-state index in [-0.39, 0.29) is 17.9 Å². The highest BCUT2D eigenvalue weighted by Gasteiger charge is 2.47. The van der Waals surface area contributed by atoms with Gasteiger partial charge in [0.05, 0.1) is 17.7 Å². The summed E-state index contributed by atoms with van der Waals surface area (Å²) in [6, 6.07) is -1.64. The Kier molecular flexibility index (Phi) is 7.66. The fraction of sp³-hybridized carbons (Fsp3) is 0.526. The number of nitrogens with zero attached hydrogens (tertiary/aromatic N) is 1. The summed E-state index contributed by atoms with van der Waals surface area (Å²) in [5.74, 6) is -12.7. The second-order valence-corrected chi connectivity index (χ2v) is 6.96. The molecule has 0 fully saturated rings. The normalized spacial score (nSPS) is 14.8. The first kappa shape index (κ1) is 24.6. The van der Waals surface area contributed by atoms with E-state index in [0.717, 1.165) is 6.92 Å². The van der Waals surface area contributed by atoms with Gasteiger partial charge in [0.2, 0.25) is 0 Å². The first-order valence-corrected chi connectivity index (χ1v) is 9.35. The highest BCUT2D eigenvalue weighted by atomic mass is 19.4. The zero-order valence-electron chi connectivity index (χ0n) is 16.3. The number of imide groups is 1. The van der Waals surface area contributed by atoms with Crippen LogP contribution < -0.4 is 0 Å². The number of unbranched alkanes of at least 4 members (excludes halogenated alkanes) is 4. The lowest BCUT2D eigenvalue weighted by atomic mass is 10.1. The van der Waals surface area contributed by atoms with Crippen LogP contribution in [-0.2, 0) is 9.53 Å². The summed E-state index contributed by atoms with van der Waals surface area (Å²) >= 11 is 0. The van der Waals surface area contributed by atoms with Crippen LogP contribution in [0.5, 0.6) is 0 Å². The number of fused-ring (bicyclic) bond motifs is 1. The van der Waals surface area contributed by atoms with Crippen molar-refractivity contribution in [2.75, 3.05) is 6.61 Å². The molecule has 31 heavy (non-hydrogen) atoms. The van der Waals surface area contributed by atoms with Crippen molar-refractivity contribution < 1.29 is 49.9 Å². The van der Waals surface area contributed by atoms with Gasteiger partial charge in [-0.2, -0.15) is 13.2 Å². The van der Waals surface area contributed by atoms with E-state index < -0.39 is 70.8 Å². The van der Waals surface area contributed by atoms with Crippen molar-refractivity contribution in [1.29, 1.82) is 0 Å². The van der Waals surface area contributed by atoms with Gasteiger partial charge in [-0.1, -0.05) is 19.3 Å². The summed E-state index contributed by atoms with van der Waals surface area (Å²) in [5.41, 5.74) is -2.61. The van der Waals surface area contributed by atoms with Crippen molar-refractivity contribution >= 4 is 17.8 Å². The van der Waals surface area contributed by atoms with Crippen molar-refractivity contribution in [2.24, 2.45) is 0 Å². The zero-order chi connectivity index (χ0) is 23.5. The Bertz CT molecular complexity index is 838. The van der Waals surface area contributed by atoms with Crippen LogP contribution in [0.2, 0.25) is 0 Å². The number of rotatable bonds is 9. The number of benzene rings is 1. The largest absolute Gasteiger partial charge is 0.464 e. The highest BCUT2D eigenvalue weighted by molar-refractivity contribution is 6.23. The smallest absolute Gasteiger partial charge is 0.389 e. The van der Waals surface area contributed by atoms with E-state index >= 15 is 0 Å². The molecule has 5 nitrogen and oxygen atoms in total. The Morgan fingerprint density at radius 3 is 1.77 bits per heavy atom. The Morgan fingerprint density at radius 1 is 0.839 bits per heavy atom. The fourth-order valence-electron chi connectivity index (χ4n) is 3.07. The van der Waals surface area contributed by atoms with Gasteiger partial charge >= 0.3 is 12.1 Å². The first-order chi connectivity index (χ1) is 14.4. The Labute approximate surface area is 172 Å². The Balaban J connectivity index is 1.89. The number of alkyl halides is 3. The van der Waals surface area contributed by atoms with E-state index in [2.05, 4.69) is 0 Å². The van der Waals surface area contributed by atoms with Gasteiger partial charge in [0.25, 0.3) is 11.8 Å². The van der Waals surface area contributed by atoms with Crippen LogP contribution in [0.3, 0.4) is 0 Å². The maximum absolute atomic E-state index is 13.9. The maximum Gasteiger partial charge on any atom is 0.389 e. The van der Waals surface area contributed by atoms with Gasteiger partial charge in [-0.05, 0) is 19.8 Å². The van der Waals surface area contributed by atoms with Crippen LogP contribution in [-0.4, -0.2) is 41.5 Å². The van der Waals surface area contributed by atoms with Crippen molar-refractivity contribution in [3.63, 3.8) is 0 Å². The van der Waals surface area contributed by atoms with Crippen molar-refractivity contribution in [3.8, 4) is 0 Å². The third-order valence-corrected chi connectivity index (χ3v) is 4.71. The molecule has 0 saturated carbocycles. The van der Waals surface area contributed by atoms with Crippen molar-refractivity contribution in [1.82, 2.24) is 4.90 Å². The van der Waals surface area contributed by atoms with E-state index in [0.29, 0.717) is 25.7 Å². The molecule has 0 spiro atoms. The van der Waals surface area contributed by atoms with E-state index in [1.165, 1.54) is 0 Å². The van der Waals surface area contributed by atoms with Crippen LogP contribution in [0, 0.1) is 23.3 Å². The van der Waals surface area contributed by atoms with Crippen LogP contribution in [0.4, 0.5) is 30.7 Å². The van der Waals surface area contributed by atoms with Crippen LogP contribution >= 0.6 is 0 Å². The number of ether oxygens (including phenoxy) is 1.